The summed E-state index contributed by atoms with van der Waals surface area (Å²) in [6.07, 6.45) is 1.66. The molecule has 0 radical (unpaired) electrons. The van der Waals surface area contributed by atoms with Gasteiger partial charge in [0.15, 0.2) is 23.3 Å². The number of halogens is 4. The number of ether oxygens (including phenoxy) is 1. The lowest BCUT2D eigenvalue weighted by molar-refractivity contribution is 0.0461. The molecular formula is C20H20F4N2O2. The Morgan fingerprint density at radius 3 is 2.29 bits per heavy atom. The maximum Gasteiger partial charge on any atom is 0.338 e. The minimum Gasteiger partial charge on any atom is -0.457 e. The van der Waals surface area contributed by atoms with E-state index in [-0.39, 0.29) is 11.6 Å². The van der Waals surface area contributed by atoms with Gasteiger partial charge in [0.2, 0.25) is 0 Å². The van der Waals surface area contributed by atoms with E-state index in [0.29, 0.717) is 11.3 Å². The summed E-state index contributed by atoms with van der Waals surface area (Å²) in [7, 11) is 1.87. The molecule has 2 rings (SSSR count). The average Bonchev–Trinajstić information content (AvgIpc) is 2.67. The first-order chi connectivity index (χ1) is 13.2. The fraction of sp³-hybridized carbons (Fsp3) is 0.300. The molecule has 0 amide bonds. The van der Waals surface area contributed by atoms with Crippen molar-refractivity contribution in [3.8, 4) is 0 Å². The summed E-state index contributed by atoms with van der Waals surface area (Å²) in [5.41, 5.74) is 1.13. The van der Waals surface area contributed by atoms with Gasteiger partial charge < -0.3 is 9.64 Å². The number of nitrogens with zero attached hydrogens (tertiary/aromatic N) is 2. The van der Waals surface area contributed by atoms with E-state index >= 15 is 0 Å². The number of hydrogen-bond acceptors (Lipinski definition) is 3. The fourth-order valence-corrected chi connectivity index (χ4v) is 2.37. The largest absolute Gasteiger partial charge is 0.457 e. The fourth-order valence-electron chi connectivity index (χ4n) is 2.37. The molecule has 4 nitrogen and oxygen atoms in total. The van der Waals surface area contributed by atoms with Crippen LogP contribution in [0.3, 0.4) is 0 Å². The second-order valence-corrected chi connectivity index (χ2v) is 6.22. The number of benzene rings is 2. The molecule has 0 unspecified atom stereocenters. The third-order valence-corrected chi connectivity index (χ3v) is 4.42. The summed E-state index contributed by atoms with van der Waals surface area (Å²) in [6.45, 7) is 5.26. The molecule has 0 aliphatic carbocycles. The van der Waals surface area contributed by atoms with Crippen molar-refractivity contribution in [1.82, 2.24) is 4.90 Å². The predicted octanol–water partition coefficient (Wildman–Crippen LogP) is 4.83. The predicted molar refractivity (Wildman–Crippen MR) is 97.8 cm³/mol. The lowest BCUT2D eigenvalue weighted by Gasteiger charge is -2.13. The van der Waals surface area contributed by atoms with Crippen LogP contribution >= 0.6 is 0 Å². The third kappa shape index (κ3) is 4.49. The molecule has 0 bridgehead atoms. The number of hydrogen-bond donors (Lipinski definition) is 0. The highest BCUT2D eigenvalue weighted by atomic mass is 19.2. The molecule has 8 heteroatoms. The van der Waals surface area contributed by atoms with Crippen LogP contribution < -0.4 is 0 Å². The Morgan fingerprint density at radius 2 is 1.71 bits per heavy atom. The smallest absolute Gasteiger partial charge is 0.338 e. The molecular weight excluding hydrogens is 376 g/mol. The number of carbonyl (C=O) groups is 1. The highest BCUT2D eigenvalue weighted by Gasteiger charge is 2.21. The van der Waals surface area contributed by atoms with Crippen molar-refractivity contribution < 1.29 is 27.1 Å². The molecule has 0 N–H and O–H groups in total. The Bertz CT molecular complexity index is 903. The Morgan fingerprint density at radius 1 is 1.11 bits per heavy atom. The van der Waals surface area contributed by atoms with E-state index in [1.807, 2.05) is 18.9 Å². The van der Waals surface area contributed by atoms with Crippen LogP contribution in [0.5, 0.6) is 0 Å². The van der Waals surface area contributed by atoms with Gasteiger partial charge in [0, 0.05) is 19.7 Å². The van der Waals surface area contributed by atoms with Gasteiger partial charge in [-0.25, -0.2) is 27.3 Å². The second-order valence-electron chi connectivity index (χ2n) is 6.22. The normalized spacial score (nSPS) is 11.1. The molecule has 0 aliphatic rings. The first kappa shape index (κ1) is 21.4. The van der Waals surface area contributed by atoms with Gasteiger partial charge >= 0.3 is 5.97 Å². The SMILES string of the molecule is CCN(C)/C=N/c1ccc(C(=O)OCc2c(F)c(F)cc(F)c2F)c(C)c1C. The van der Waals surface area contributed by atoms with E-state index in [2.05, 4.69) is 4.99 Å². The Kier molecular flexibility index (Phi) is 6.77. The highest BCUT2D eigenvalue weighted by molar-refractivity contribution is 5.92. The molecule has 0 fully saturated rings. The van der Waals surface area contributed by atoms with Gasteiger partial charge in [-0.05, 0) is 44.0 Å². The Labute approximate surface area is 160 Å². The van der Waals surface area contributed by atoms with Gasteiger partial charge in [0.1, 0.15) is 6.61 Å². The average molecular weight is 396 g/mol. The molecule has 0 spiro atoms. The number of rotatable bonds is 6. The number of esters is 1. The lowest BCUT2D eigenvalue weighted by atomic mass is 10.0. The summed E-state index contributed by atoms with van der Waals surface area (Å²) in [5, 5.41) is 0. The van der Waals surface area contributed by atoms with Gasteiger partial charge in [-0.3, -0.25) is 0 Å². The van der Waals surface area contributed by atoms with Crippen LogP contribution in [0.2, 0.25) is 0 Å². The zero-order valence-corrected chi connectivity index (χ0v) is 15.9. The zero-order valence-electron chi connectivity index (χ0n) is 15.9. The van der Waals surface area contributed by atoms with Crippen LogP contribution in [-0.2, 0) is 11.3 Å². The Hall–Kier alpha value is -2.90. The van der Waals surface area contributed by atoms with Crippen LogP contribution in [0.15, 0.2) is 23.2 Å². The van der Waals surface area contributed by atoms with Gasteiger partial charge in [0.25, 0.3) is 0 Å². The van der Waals surface area contributed by atoms with Crippen molar-refractivity contribution in [2.75, 3.05) is 13.6 Å². The molecule has 0 saturated heterocycles. The minimum atomic E-state index is -1.59. The lowest BCUT2D eigenvalue weighted by Crippen LogP contribution is -2.14. The quantitative estimate of drug-likeness (QED) is 0.231. The van der Waals surface area contributed by atoms with Crippen molar-refractivity contribution in [1.29, 1.82) is 0 Å². The summed E-state index contributed by atoms with van der Waals surface area (Å²) in [4.78, 5) is 18.5. The van der Waals surface area contributed by atoms with Crippen LogP contribution in [0.4, 0.5) is 23.2 Å². The topological polar surface area (TPSA) is 41.9 Å². The van der Waals surface area contributed by atoms with Crippen molar-refractivity contribution >= 4 is 18.0 Å². The number of aliphatic imine (C=N–C) groups is 1. The minimum absolute atomic E-state index is 0.0959. The van der Waals surface area contributed by atoms with E-state index in [0.717, 1.165) is 12.1 Å². The van der Waals surface area contributed by atoms with E-state index in [9.17, 15) is 22.4 Å². The first-order valence-corrected chi connectivity index (χ1v) is 8.50. The van der Waals surface area contributed by atoms with E-state index < -0.39 is 41.4 Å². The van der Waals surface area contributed by atoms with Crippen LogP contribution in [-0.4, -0.2) is 30.8 Å². The molecule has 0 atom stereocenters. The molecule has 2 aromatic rings. The summed E-state index contributed by atoms with van der Waals surface area (Å²) in [6, 6.07) is 3.18. The number of carbonyl (C=O) groups excluding carboxylic acids is 1. The van der Waals surface area contributed by atoms with Crippen molar-refractivity contribution in [2.24, 2.45) is 4.99 Å². The Balaban J connectivity index is 2.22. The van der Waals surface area contributed by atoms with E-state index in [1.165, 1.54) is 6.07 Å². The maximum atomic E-state index is 13.7. The summed E-state index contributed by atoms with van der Waals surface area (Å²) < 4.78 is 58.7. The van der Waals surface area contributed by atoms with Gasteiger partial charge in [0.05, 0.1) is 23.2 Å². The molecule has 0 saturated carbocycles. The van der Waals surface area contributed by atoms with Crippen LogP contribution in [0.1, 0.15) is 34.0 Å². The van der Waals surface area contributed by atoms with Gasteiger partial charge in [-0.1, -0.05) is 0 Å². The van der Waals surface area contributed by atoms with Gasteiger partial charge in [-0.2, -0.15) is 0 Å². The standard InChI is InChI=1S/C20H20F4N2O2/c1-5-26(4)10-25-17-7-6-13(11(2)12(17)3)20(27)28-9-14-18(23)15(21)8-16(22)19(14)24/h6-8,10H,5,9H2,1-4H3/b25-10+. The molecule has 28 heavy (non-hydrogen) atoms. The molecule has 0 aromatic heterocycles. The molecule has 150 valence electrons. The van der Waals surface area contributed by atoms with Crippen LogP contribution in [0, 0.1) is 37.1 Å². The monoisotopic (exact) mass is 396 g/mol. The van der Waals surface area contributed by atoms with Crippen LogP contribution in [0.25, 0.3) is 0 Å². The van der Waals surface area contributed by atoms with Crippen molar-refractivity contribution in [3.05, 3.63) is 63.7 Å². The molecule has 0 heterocycles. The second kappa shape index (κ2) is 8.86. The van der Waals surface area contributed by atoms with E-state index in [4.69, 9.17) is 4.74 Å². The zero-order chi connectivity index (χ0) is 21.0. The van der Waals surface area contributed by atoms with E-state index in [1.54, 1.807) is 26.3 Å². The van der Waals surface area contributed by atoms with Crippen molar-refractivity contribution in [2.45, 2.75) is 27.4 Å². The maximum absolute atomic E-state index is 13.7. The third-order valence-electron chi connectivity index (χ3n) is 4.42. The highest BCUT2D eigenvalue weighted by Crippen LogP contribution is 2.26. The molecule has 2 aromatic carbocycles. The summed E-state index contributed by atoms with van der Waals surface area (Å²) >= 11 is 0. The van der Waals surface area contributed by atoms with Crippen molar-refractivity contribution in [3.63, 3.8) is 0 Å². The molecule has 0 aliphatic heterocycles. The van der Waals surface area contributed by atoms with Gasteiger partial charge in [-0.15, -0.1) is 0 Å². The first-order valence-electron chi connectivity index (χ1n) is 8.50. The summed E-state index contributed by atoms with van der Waals surface area (Å²) in [5.74, 6) is -7.17.